The van der Waals surface area contributed by atoms with Crippen LogP contribution in [0, 0.1) is 16.7 Å². The van der Waals surface area contributed by atoms with E-state index in [-0.39, 0.29) is 24.2 Å². The Morgan fingerprint density at radius 1 is 0.611 bits per heavy atom. The van der Waals surface area contributed by atoms with Crippen molar-refractivity contribution in [2.24, 2.45) is 16.7 Å². The first-order valence-electron chi connectivity index (χ1n) is 25.1. The van der Waals surface area contributed by atoms with Gasteiger partial charge in [-0.05, 0) is 115 Å². The maximum atomic E-state index is 12.1. The fourth-order valence-electron chi connectivity index (χ4n) is 11.1. The number of carbonyl (C=O) groups excluding carboxylic acids is 2. The zero-order chi connectivity index (χ0) is 50.9. The van der Waals surface area contributed by atoms with E-state index in [1.54, 1.807) is 12.1 Å². The van der Waals surface area contributed by atoms with Crippen molar-refractivity contribution in [3.63, 3.8) is 0 Å². The van der Waals surface area contributed by atoms with Gasteiger partial charge in [-0.1, -0.05) is 85.6 Å². The first-order valence-corrected chi connectivity index (χ1v) is 25.8. The number of hydrogen-bond donors (Lipinski definition) is 4. The predicted octanol–water partition coefficient (Wildman–Crippen LogP) is 7.84. The molecule has 4 heterocycles. The Bertz CT molecular complexity index is 2500. The molecule has 14 nitrogen and oxygen atoms in total. The average Bonchev–Trinajstić information content (AvgIpc) is 3.30. The molecule has 0 radical (unpaired) electrons. The number of hydrogen-bond acceptors (Lipinski definition) is 14. The Hall–Kier alpha value is -4.32. The van der Waals surface area contributed by atoms with Gasteiger partial charge in [0.15, 0.2) is 6.10 Å². The smallest absolute Gasteiger partial charge is 0.303 e. The molecular weight excluding hydrogens is 968 g/mol. The third-order valence-electron chi connectivity index (χ3n) is 15.3. The van der Waals surface area contributed by atoms with Crippen LogP contribution in [0.1, 0.15) is 105 Å². The second-order valence-corrected chi connectivity index (χ2v) is 21.7. The van der Waals surface area contributed by atoms with Crippen LogP contribution in [0.15, 0.2) is 84.9 Å². The van der Waals surface area contributed by atoms with Gasteiger partial charge in [0.25, 0.3) is 0 Å². The van der Waals surface area contributed by atoms with Crippen LogP contribution in [0.4, 0.5) is 0 Å². The number of aliphatic hydroxyl groups is 4. The fourth-order valence-corrected chi connectivity index (χ4v) is 11.5. The van der Waals surface area contributed by atoms with E-state index in [9.17, 15) is 30.0 Å². The van der Waals surface area contributed by atoms with E-state index < -0.39 is 67.4 Å². The second kappa shape index (κ2) is 22.3. The Balaban J connectivity index is 0.000000180. The molecule has 72 heavy (non-hydrogen) atoms. The SMILES string of the molecule is CC[C@H]1O[C@@H](c2ccc(Cl)c(Cc3ccc(OC4CC5(COC5)C4)cc3)c2)[C@H](OC(C)=O)[C@@H](OC(C)=O)[C@@H]1C.OC[C@H]1OC(c2ccc(Cl)c(Cc3ccc(OC4CC5(COC5)C4)cc3)c2)[C@H](O)[C@@H](O)[C@@H]1O. The Kier molecular flexibility index (Phi) is 16.2. The molecule has 2 saturated carbocycles. The third kappa shape index (κ3) is 11.6. The summed E-state index contributed by atoms with van der Waals surface area (Å²) >= 11 is 13.1. The van der Waals surface area contributed by atoms with Crippen LogP contribution in [-0.4, -0.2) is 120 Å². The van der Waals surface area contributed by atoms with E-state index in [0.29, 0.717) is 39.3 Å². The highest BCUT2D eigenvalue weighted by atomic mass is 35.5. The van der Waals surface area contributed by atoms with Crippen molar-refractivity contribution < 1.29 is 67.9 Å². The molecule has 0 bridgehead atoms. The zero-order valence-corrected chi connectivity index (χ0v) is 42.6. The minimum atomic E-state index is -1.42. The molecule has 4 aromatic carbocycles. The zero-order valence-electron chi connectivity index (χ0n) is 41.1. The van der Waals surface area contributed by atoms with Crippen LogP contribution < -0.4 is 9.47 Å². The maximum absolute atomic E-state index is 12.1. The van der Waals surface area contributed by atoms with Gasteiger partial charge in [0.1, 0.15) is 66.4 Å². The number of carbonyl (C=O) groups is 2. The van der Waals surface area contributed by atoms with E-state index in [1.165, 1.54) is 13.8 Å². The standard InChI is InChI=1S/C31H37ClO7.C25H29ClO7/c1-5-27-18(2)28(36-19(3)33)30(37-20(4)34)29(39-27)22-8-11-26(32)23(13-22)12-21-6-9-24(10-7-21)38-25-14-31(15-25)16-35-17-31;26-19-6-3-15(24-23(30)22(29)21(28)20(11-27)33-24)8-16(19)7-14-1-4-17(5-2-14)32-18-9-25(10-18)12-31-13-25/h6-11,13,18,25,27-30H,5,12,14-17H2,1-4H3;1-6,8,18,20-24,27-30H,7,9-13H2/t18-,27-,28+,29+,30-;20-,21-,22+,23-,24?/m11/s1. The number of benzene rings is 4. The van der Waals surface area contributed by atoms with Crippen molar-refractivity contribution in [2.45, 2.75) is 140 Å². The van der Waals surface area contributed by atoms with Crippen molar-refractivity contribution in [2.75, 3.05) is 33.0 Å². The lowest BCUT2D eigenvalue weighted by Crippen LogP contribution is -2.56. The van der Waals surface area contributed by atoms with Gasteiger partial charge in [0, 0.05) is 40.6 Å². The van der Waals surface area contributed by atoms with Crippen LogP contribution in [-0.2, 0) is 50.9 Å². The average molecular weight is 1030 g/mol. The van der Waals surface area contributed by atoms with E-state index in [1.807, 2.05) is 74.5 Å². The summed E-state index contributed by atoms with van der Waals surface area (Å²) in [6.45, 7) is 9.68. The van der Waals surface area contributed by atoms with Gasteiger partial charge in [-0.2, -0.15) is 0 Å². The molecule has 388 valence electrons. The Labute approximate surface area is 430 Å². The highest BCUT2D eigenvalue weighted by Crippen LogP contribution is 2.49. The number of esters is 2. The van der Waals surface area contributed by atoms with E-state index in [0.717, 1.165) is 97.8 Å². The van der Waals surface area contributed by atoms with Crippen LogP contribution in [0.3, 0.4) is 0 Å². The molecule has 4 N–H and O–H groups in total. The largest absolute Gasteiger partial charge is 0.490 e. The molecule has 0 amide bonds. The summed E-state index contributed by atoms with van der Waals surface area (Å²) in [5.41, 5.74) is 6.09. The highest BCUT2D eigenvalue weighted by molar-refractivity contribution is 6.31. The van der Waals surface area contributed by atoms with Crippen molar-refractivity contribution >= 4 is 35.1 Å². The molecule has 10 rings (SSSR count). The van der Waals surface area contributed by atoms with Gasteiger partial charge in [-0.25, -0.2) is 0 Å². The van der Waals surface area contributed by atoms with Crippen LogP contribution in [0.25, 0.3) is 0 Å². The second-order valence-electron chi connectivity index (χ2n) is 20.9. The first-order chi connectivity index (χ1) is 34.5. The topological polar surface area (TPSA) is 189 Å². The summed E-state index contributed by atoms with van der Waals surface area (Å²) in [5, 5.41) is 41.2. The van der Waals surface area contributed by atoms with Crippen molar-refractivity contribution in [3.05, 3.63) is 128 Å². The normalized spacial score (nSPS) is 30.1. The molecule has 4 saturated heterocycles. The summed E-state index contributed by atoms with van der Waals surface area (Å²) in [6.07, 6.45) is -1.50. The maximum Gasteiger partial charge on any atom is 0.303 e. The Morgan fingerprint density at radius 3 is 1.47 bits per heavy atom. The lowest BCUT2D eigenvalue weighted by molar-refractivity contribution is -0.231. The quantitative estimate of drug-likeness (QED) is 0.0895. The van der Waals surface area contributed by atoms with Gasteiger partial charge < -0.3 is 58.3 Å². The number of halogens is 2. The molecule has 10 atom stereocenters. The predicted molar refractivity (Wildman–Crippen MR) is 266 cm³/mol. The molecule has 2 spiro atoms. The van der Waals surface area contributed by atoms with Gasteiger partial charge in [-0.3, -0.25) is 9.59 Å². The molecule has 6 aliphatic rings. The molecule has 16 heteroatoms. The monoisotopic (exact) mass is 1030 g/mol. The van der Waals surface area contributed by atoms with Crippen molar-refractivity contribution in [1.82, 2.24) is 0 Å². The summed E-state index contributed by atoms with van der Waals surface area (Å²) < 4.78 is 46.4. The first kappa shape index (κ1) is 52.5. The molecule has 0 aromatic heterocycles. The summed E-state index contributed by atoms with van der Waals surface area (Å²) in [7, 11) is 0. The molecule has 2 aliphatic carbocycles. The van der Waals surface area contributed by atoms with Gasteiger partial charge >= 0.3 is 11.9 Å². The molecule has 6 fully saturated rings. The minimum absolute atomic E-state index is 0.139. The van der Waals surface area contributed by atoms with Crippen LogP contribution >= 0.6 is 23.2 Å². The Morgan fingerprint density at radius 2 is 1.06 bits per heavy atom. The van der Waals surface area contributed by atoms with Crippen molar-refractivity contribution in [1.29, 1.82) is 0 Å². The van der Waals surface area contributed by atoms with E-state index >= 15 is 0 Å². The van der Waals surface area contributed by atoms with Crippen LogP contribution in [0.5, 0.6) is 11.5 Å². The minimum Gasteiger partial charge on any atom is -0.490 e. The number of rotatable bonds is 14. The molecule has 4 aliphatic heterocycles. The molecular formula is C56H66Cl2O14. The van der Waals surface area contributed by atoms with Crippen LogP contribution in [0.2, 0.25) is 10.0 Å². The number of aliphatic hydroxyl groups excluding tert-OH is 4. The number of ether oxygens (including phenoxy) is 8. The summed E-state index contributed by atoms with van der Waals surface area (Å²) in [6, 6.07) is 27.1. The van der Waals surface area contributed by atoms with E-state index in [4.69, 9.17) is 61.1 Å². The van der Waals surface area contributed by atoms with Gasteiger partial charge in [0.2, 0.25) is 0 Å². The van der Waals surface area contributed by atoms with E-state index in [2.05, 4.69) is 12.1 Å². The van der Waals surface area contributed by atoms with Gasteiger partial charge in [-0.15, -0.1) is 0 Å². The lowest BCUT2D eigenvalue weighted by atomic mass is 9.65. The highest BCUT2D eigenvalue weighted by Gasteiger charge is 2.52. The molecule has 4 aromatic rings. The third-order valence-corrected chi connectivity index (χ3v) is 16.0. The summed E-state index contributed by atoms with van der Waals surface area (Å²) in [5.74, 6) is 0.703. The van der Waals surface area contributed by atoms with Crippen molar-refractivity contribution in [3.8, 4) is 11.5 Å². The van der Waals surface area contributed by atoms with Gasteiger partial charge in [0.05, 0.1) is 39.1 Å². The summed E-state index contributed by atoms with van der Waals surface area (Å²) in [4.78, 5) is 24.0. The lowest BCUT2D eigenvalue weighted by Gasteiger charge is -2.52. The molecule has 1 unspecified atom stereocenters. The fraction of sp³-hybridized carbons (Fsp3) is 0.536.